The fraction of sp³-hybridized carbons (Fsp3) is 0.500. The Morgan fingerprint density at radius 3 is 2.84 bits per heavy atom. The van der Waals surface area contributed by atoms with Crippen molar-refractivity contribution in [2.45, 2.75) is 32.7 Å². The third-order valence-corrected chi connectivity index (χ3v) is 2.61. The Labute approximate surface area is 114 Å². The molecule has 0 aliphatic heterocycles. The Morgan fingerprint density at radius 1 is 1.42 bits per heavy atom. The first kappa shape index (κ1) is 15.3. The van der Waals surface area contributed by atoms with Crippen LogP contribution in [0.5, 0.6) is 5.75 Å². The number of amides is 2. The van der Waals surface area contributed by atoms with Gasteiger partial charge in [0.2, 0.25) is 0 Å². The number of hydrogen-bond donors (Lipinski definition) is 3. The van der Waals surface area contributed by atoms with Gasteiger partial charge in [0.15, 0.2) is 0 Å². The Kier molecular flexibility index (Phi) is 6.74. The van der Waals surface area contributed by atoms with E-state index in [1.807, 2.05) is 26.0 Å². The van der Waals surface area contributed by atoms with Crippen LogP contribution in [-0.4, -0.2) is 30.4 Å². The first-order valence-electron chi connectivity index (χ1n) is 6.60. The Hall–Kier alpha value is -1.75. The van der Waals surface area contributed by atoms with Gasteiger partial charge in [0.1, 0.15) is 5.75 Å². The van der Waals surface area contributed by atoms with Crippen molar-refractivity contribution in [3.05, 3.63) is 24.3 Å². The van der Waals surface area contributed by atoms with Crippen molar-refractivity contribution >= 4 is 11.7 Å². The second kappa shape index (κ2) is 8.37. The summed E-state index contributed by atoms with van der Waals surface area (Å²) in [4.78, 5) is 11.7. The van der Waals surface area contributed by atoms with Gasteiger partial charge in [-0.1, -0.05) is 19.9 Å². The standard InChI is InChI=1S/C14H22N2O3/c1-3-8-19-13-7-5-6-12(9-13)16-14(18)15-11(4-2)10-17/h5-7,9,11,17H,3-4,8,10H2,1-2H3,(H2,15,16,18). The molecule has 0 aromatic heterocycles. The Balaban J connectivity index is 2.53. The summed E-state index contributed by atoms with van der Waals surface area (Å²) < 4.78 is 5.49. The average molecular weight is 266 g/mol. The summed E-state index contributed by atoms with van der Waals surface area (Å²) in [6.45, 7) is 4.53. The molecule has 0 aliphatic rings. The maximum Gasteiger partial charge on any atom is 0.319 e. The summed E-state index contributed by atoms with van der Waals surface area (Å²) in [5.41, 5.74) is 0.666. The summed E-state index contributed by atoms with van der Waals surface area (Å²) in [5, 5.41) is 14.4. The largest absolute Gasteiger partial charge is 0.494 e. The molecule has 1 atom stereocenters. The number of aliphatic hydroxyl groups is 1. The van der Waals surface area contributed by atoms with Crippen LogP contribution in [0.4, 0.5) is 10.5 Å². The number of hydrogen-bond acceptors (Lipinski definition) is 3. The van der Waals surface area contributed by atoms with Crippen molar-refractivity contribution in [3.63, 3.8) is 0 Å². The molecule has 3 N–H and O–H groups in total. The van der Waals surface area contributed by atoms with E-state index in [1.165, 1.54) is 0 Å². The molecule has 19 heavy (non-hydrogen) atoms. The van der Waals surface area contributed by atoms with Crippen LogP contribution < -0.4 is 15.4 Å². The van der Waals surface area contributed by atoms with Crippen LogP contribution in [0.1, 0.15) is 26.7 Å². The minimum Gasteiger partial charge on any atom is -0.494 e. The summed E-state index contributed by atoms with van der Waals surface area (Å²) in [6.07, 6.45) is 1.62. The third kappa shape index (κ3) is 5.61. The molecule has 5 heteroatoms. The number of nitrogens with one attached hydrogen (secondary N) is 2. The fourth-order valence-corrected chi connectivity index (χ4v) is 1.51. The van der Waals surface area contributed by atoms with Crippen LogP contribution in [0, 0.1) is 0 Å². The fourth-order valence-electron chi connectivity index (χ4n) is 1.51. The van der Waals surface area contributed by atoms with E-state index in [0.29, 0.717) is 18.7 Å². The average Bonchev–Trinajstić information content (AvgIpc) is 2.43. The van der Waals surface area contributed by atoms with Gasteiger partial charge in [-0.15, -0.1) is 0 Å². The van der Waals surface area contributed by atoms with Gasteiger partial charge in [0.25, 0.3) is 0 Å². The van der Waals surface area contributed by atoms with Crippen molar-refractivity contribution in [2.24, 2.45) is 0 Å². The van der Waals surface area contributed by atoms with Crippen LogP contribution in [0.2, 0.25) is 0 Å². The molecule has 2 amide bonds. The van der Waals surface area contributed by atoms with Crippen molar-refractivity contribution in [2.75, 3.05) is 18.5 Å². The topological polar surface area (TPSA) is 70.6 Å². The first-order chi connectivity index (χ1) is 9.19. The lowest BCUT2D eigenvalue weighted by atomic mass is 10.2. The smallest absolute Gasteiger partial charge is 0.319 e. The summed E-state index contributed by atoms with van der Waals surface area (Å²) >= 11 is 0. The second-order valence-corrected chi connectivity index (χ2v) is 4.26. The molecule has 0 saturated heterocycles. The van der Waals surface area contributed by atoms with Crippen LogP contribution in [-0.2, 0) is 0 Å². The van der Waals surface area contributed by atoms with Gasteiger partial charge in [-0.3, -0.25) is 0 Å². The summed E-state index contributed by atoms with van der Waals surface area (Å²) in [5.74, 6) is 0.730. The molecule has 0 spiro atoms. The number of carbonyl (C=O) groups is 1. The quantitative estimate of drug-likeness (QED) is 0.709. The lowest BCUT2D eigenvalue weighted by molar-refractivity contribution is 0.222. The zero-order valence-corrected chi connectivity index (χ0v) is 11.5. The zero-order valence-electron chi connectivity index (χ0n) is 11.5. The van der Waals surface area contributed by atoms with Crippen molar-refractivity contribution in [1.29, 1.82) is 0 Å². The highest BCUT2D eigenvalue weighted by molar-refractivity contribution is 5.89. The van der Waals surface area contributed by atoms with Crippen LogP contribution in [0.25, 0.3) is 0 Å². The number of ether oxygens (including phenoxy) is 1. The maximum absolute atomic E-state index is 11.7. The van der Waals surface area contributed by atoms with E-state index < -0.39 is 0 Å². The van der Waals surface area contributed by atoms with E-state index in [-0.39, 0.29) is 18.7 Å². The molecule has 0 radical (unpaired) electrons. The van der Waals surface area contributed by atoms with Gasteiger partial charge in [0, 0.05) is 11.8 Å². The van der Waals surface area contributed by atoms with Crippen LogP contribution >= 0.6 is 0 Å². The van der Waals surface area contributed by atoms with Crippen molar-refractivity contribution in [1.82, 2.24) is 5.32 Å². The minimum atomic E-state index is -0.325. The first-order valence-corrected chi connectivity index (χ1v) is 6.60. The van der Waals surface area contributed by atoms with Gasteiger partial charge >= 0.3 is 6.03 Å². The maximum atomic E-state index is 11.7. The van der Waals surface area contributed by atoms with Crippen LogP contribution in [0.15, 0.2) is 24.3 Å². The second-order valence-electron chi connectivity index (χ2n) is 4.26. The molecular weight excluding hydrogens is 244 g/mol. The summed E-state index contributed by atoms with van der Waals surface area (Å²) in [7, 11) is 0. The van der Waals surface area contributed by atoms with Gasteiger partial charge < -0.3 is 20.5 Å². The van der Waals surface area contributed by atoms with E-state index in [0.717, 1.165) is 12.2 Å². The molecule has 1 unspecified atom stereocenters. The predicted octanol–water partition coefficient (Wildman–Crippen LogP) is 2.37. The number of urea groups is 1. The van der Waals surface area contributed by atoms with Gasteiger partial charge in [-0.2, -0.15) is 0 Å². The van der Waals surface area contributed by atoms with Gasteiger partial charge in [0.05, 0.1) is 19.3 Å². The van der Waals surface area contributed by atoms with Crippen LogP contribution in [0.3, 0.4) is 0 Å². The molecular formula is C14H22N2O3. The molecule has 0 bridgehead atoms. The molecule has 0 fully saturated rings. The number of rotatable bonds is 7. The lowest BCUT2D eigenvalue weighted by Gasteiger charge is -2.15. The molecule has 0 aliphatic carbocycles. The molecule has 106 valence electrons. The highest BCUT2D eigenvalue weighted by Gasteiger charge is 2.09. The predicted molar refractivity (Wildman–Crippen MR) is 75.5 cm³/mol. The van der Waals surface area contributed by atoms with E-state index in [4.69, 9.17) is 9.84 Å². The molecule has 1 aromatic carbocycles. The number of aliphatic hydroxyl groups excluding tert-OH is 1. The monoisotopic (exact) mass is 266 g/mol. The summed E-state index contributed by atoms with van der Waals surface area (Å²) in [6, 6.07) is 6.69. The molecule has 0 heterocycles. The number of carbonyl (C=O) groups excluding carboxylic acids is 1. The van der Waals surface area contributed by atoms with E-state index >= 15 is 0 Å². The molecule has 1 rings (SSSR count). The minimum absolute atomic E-state index is 0.0659. The SMILES string of the molecule is CCCOc1cccc(NC(=O)NC(CC)CO)c1. The molecule has 5 nitrogen and oxygen atoms in total. The van der Waals surface area contributed by atoms with E-state index in [9.17, 15) is 4.79 Å². The third-order valence-electron chi connectivity index (χ3n) is 2.61. The highest BCUT2D eigenvalue weighted by Crippen LogP contribution is 2.17. The van der Waals surface area contributed by atoms with E-state index in [2.05, 4.69) is 10.6 Å². The molecule has 1 aromatic rings. The Morgan fingerprint density at radius 2 is 2.21 bits per heavy atom. The normalized spacial score (nSPS) is 11.7. The van der Waals surface area contributed by atoms with Crippen molar-refractivity contribution in [3.8, 4) is 5.75 Å². The number of benzene rings is 1. The number of anilines is 1. The molecule has 0 saturated carbocycles. The Bertz CT molecular complexity index is 392. The lowest BCUT2D eigenvalue weighted by Crippen LogP contribution is -2.39. The highest BCUT2D eigenvalue weighted by atomic mass is 16.5. The van der Waals surface area contributed by atoms with Gasteiger partial charge in [-0.05, 0) is 25.0 Å². The van der Waals surface area contributed by atoms with Crippen molar-refractivity contribution < 1.29 is 14.6 Å². The zero-order chi connectivity index (χ0) is 14.1. The van der Waals surface area contributed by atoms with Gasteiger partial charge in [-0.25, -0.2) is 4.79 Å². The van der Waals surface area contributed by atoms with E-state index in [1.54, 1.807) is 12.1 Å².